The number of halogens is 1. The second kappa shape index (κ2) is 7.50. The molecule has 1 aromatic carbocycles. The Kier molecular flexibility index (Phi) is 6.30. The maximum absolute atomic E-state index is 11.6. The molecule has 3 N–H and O–H groups in total. The highest BCUT2D eigenvalue weighted by Gasteiger charge is 2.21. The molecule has 1 unspecified atom stereocenters. The highest BCUT2D eigenvalue weighted by molar-refractivity contribution is 6.30. The molecular weight excluding hydrogens is 276 g/mol. The molecule has 0 aliphatic carbocycles. The lowest BCUT2D eigenvalue weighted by atomic mass is 9.85. The minimum Gasteiger partial charge on any atom is -0.393 e. The number of carbonyl (C=O) groups excluding carboxylic acids is 1. The Morgan fingerprint density at radius 3 is 2.45 bits per heavy atom. The van der Waals surface area contributed by atoms with Crippen molar-refractivity contribution in [1.82, 2.24) is 10.6 Å². The van der Waals surface area contributed by atoms with E-state index in [9.17, 15) is 4.79 Å². The number of nitrogens with one attached hydrogen (secondary N) is 2. The molecule has 112 valence electrons. The van der Waals surface area contributed by atoms with E-state index in [1.54, 1.807) is 6.92 Å². The first-order chi connectivity index (χ1) is 9.31. The Bertz CT molecular complexity index is 430. The van der Waals surface area contributed by atoms with Crippen molar-refractivity contribution in [1.29, 1.82) is 0 Å². The zero-order valence-corrected chi connectivity index (χ0v) is 13.0. The summed E-state index contributed by atoms with van der Waals surface area (Å²) in [6.07, 6.45) is 0.148. The van der Waals surface area contributed by atoms with E-state index in [0.717, 1.165) is 5.56 Å². The summed E-state index contributed by atoms with van der Waals surface area (Å²) in [7, 11) is 0. The van der Waals surface area contributed by atoms with Crippen molar-refractivity contribution >= 4 is 17.6 Å². The van der Waals surface area contributed by atoms with Crippen molar-refractivity contribution in [2.24, 2.45) is 0 Å². The van der Waals surface area contributed by atoms with Crippen LogP contribution in [-0.4, -0.2) is 30.3 Å². The van der Waals surface area contributed by atoms with Gasteiger partial charge in [0.25, 0.3) is 0 Å². The molecule has 0 bridgehead atoms. The molecule has 0 aliphatic rings. The fraction of sp³-hybridized carbons (Fsp3) is 0.533. The standard InChI is InChI=1S/C15H23ClN2O2/c1-11(19)8-9-17-14(20)18-10-15(2,3)12-4-6-13(16)7-5-12/h4-7,11,19H,8-10H2,1-3H3,(H2,17,18,20). The van der Waals surface area contributed by atoms with Crippen molar-refractivity contribution in [2.45, 2.75) is 38.7 Å². The van der Waals surface area contributed by atoms with Gasteiger partial charge in [-0.25, -0.2) is 4.79 Å². The first kappa shape index (κ1) is 16.8. The molecule has 0 spiro atoms. The van der Waals surface area contributed by atoms with Crippen molar-refractivity contribution in [2.75, 3.05) is 13.1 Å². The zero-order chi connectivity index (χ0) is 15.2. The van der Waals surface area contributed by atoms with Crippen LogP contribution in [0.1, 0.15) is 32.8 Å². The largest absolute Gasteiger partial charge is 0.393 e. The molecule has 0 aromatic heterocycles. The fourth-order valence-corrected chi connectivity index (χ4v) is 1.89. The van der Waals surface area contributed by atoms with Gasteiger partial charge in [-0.3, -0.25) is 0 Å². The highest BCUT2D eigenvalue weighted by Crippen LogP contribution is 2.23. The number of rotatable bonds is 6. The van der Waals surface area contributed by atoms with Gasteiger partial charge in [0, 0.05) is 23.5 Å². The van der Waals surface area contributed by atoms with Crippen LogP contribution in [-0.2, 0) is 5.41 Å². The number of carbonyl (C=O) groups is 1. The first-order valence-electron chi connectivity index (χ1n) is 6.77. The number of benzene rings is 1. The maximum Gasteiger partial charge on any atom is 0.314 e. The summed E-state index contributed by atoms with van der Waals surface area (Å²) in [5.74, 6) is 0. The van der Waals surface area contributed by atoms with Gasteiger partial charge in [-0.2, -0.15) is 0 Å². The van der Waals surface area contributed by atoms with Crippen LogP contribution < -0.4 is 10.6 Å². The quantitative estimate of drug-likeness (QED) is 0.756. The van der Waals surface area contributed by atoms with E-state index >= 15 is 0 Å². The molecule has 0 aliphatic heterocycles. The number of hydrogen-bond acceptors (Lipinski definition) is 2. The summed E-state index contributed by atoms with van der Waals surface area (Å²) in [5.41, 5.74) is 0.942. The van der Waals surface area contributed by atoms with Crippen LogP contribution in [0.2, 0.25) is 5.02 Å². The topological polar surface area (TPSA) is 61.4 Å². The first-order valence-corrected chi connectivity index (χ1v) is 7.15. The number of amides is 2. The predicted molar refractivity (Wildman–Crippen MR) is 82.2 cm³/mol. The van der Waals surface area contributed by atoms with Crippen molar-refractivity contribution in [3.63, 3.8) is 0 Å². The molecular formula is C15H23ClN2O2. The summed E-state index contributed by atoms with van der Waals surface area (Å²) < 4.78 is 0. The van der Waals surface area contributed by atoms with Gasteiger partial charge in [0.05, 0.1) is 6.10 Å². The molecule has 0 fully saturated rings. The van der Waals surface area contributed by atoms with Crippen LogP contribution in [0.4, 0.5) is 4.79 Å². The van der Waals surface area contributed by atoms with Gasteiger partial charge in [0.1, 0.15) is 0 Å². The molecule has 1 aromatic rings. The zero-order valence-electron chi connectivity index (χ0n) is 12.2. The van der Waals surface area contributed by atoms with Gasteiger partial charge in [-0.05, 0) is 31.0 Å². The van der Waals surface area contributed by atoms with Gasteiger partial charge in [-0.1, -0.05) is 37.6 Å². The van der Waals surface area contributed by atoms with Crippen LogP contribution in [0.25, 0.3) is 0 Å². The third kappa shape index (κ3) is 5.80. The predicted octanol–water partition coefficient (Wildman–Crippen LogP) is 2.69. The monoisotopic (exact) mass is 298 g/mol. The minimum absolute atomic E-state index is 0.174. The summed E-state index contributed by atoms with van der Waals surface area (Å²) in [6.45, 7) is 6.81. The highest BCUT2D eigenvalue weighted by atomic mass is 35.5. The smallest absolute Gasteiger partial charge is 0.314 e. The Labute approximate surface area is 125 Å². The van der Waals surface area contributed by atoms with Crippen LogP contribution >= 0.6 is 11.6 Å². The Balaban J connectivity index is 2.42. The summed E-state index contributed by atoms with van der Waals surface area (Å²) in [4.78, 5) is 11.6. The van der Waals surface area contributed by atoms with Crippen molar-refractivity contribution in [3.8, 4) is 0 Å². The van der Waals surface area contributed by atoms with Gasteiger partial charge in [0.2, 0.25) is 0 Å². The van der Waals surface area contributed by atoms with Gasteiger partial charge >= 0.3 is 6.03 Å². The van der Waals surface area contributed by atoms with E-state index in [-0.39, 0.29) is 11.4 Å². The van der Waals surface area contributed by atoms with Crippen molar-refractivity contribution < 1.29 is 9.90 Å². The van der Waals surface area contributed by atoms with Crippen LogP contribution in [0.5, 0.6) is 0 Å². The molecule has 4 nitrogen and oxygen atoms in total. The van der Waals surface area contributed by atoms with Gasteiger partial charge in [0.15, 0.2) is 0 Å². The van der Waals surface area contributed by atoms with Gasteiger partial charge in [-0.15, -0.1) is 0 Å². The lowest BCUT2D eigenvalue weighted by molar-refractivity contribution is 0.183. The Morgan fingerprint density at radius 2 is 1.90 bits per heavy atom. The third-order valence-corrected chi connectivity index (χ3v) is 3.42. The van der Waals surface area contributed by atoms with E-state index in [1.165, 1.54) is 0 Å². The molecule has 20 heavy (non-hydrogen) atoms. The second-order valence-corrected chi connectivity index (χ2v) is 6.07. The lowest BCUT2D eigenvalue weighted by Gasteiger charge is -2.25. The Hall–Kier alpha value is -1.26. The van der Waals surface area contributed by atoms with E-state index in [2.05, 4.69) is 24.5 Å². The molecule has 0 heterocycles. The molecule has 1 atom stereocenters. The minimum atomic E-state index is -0.402. The number of aliphatic hydroxyl groups is 1. The third-order valence-electron chi connectivity index (χ3n) is 3.16. The Morgan fingerprint density at radius 1 is 1.30 bits per heavy atom. The van der Waals surface area contributed by atoms with Crippen molar-refractivity contribution in [3.05, 3.63) is 34.9 Å². The number of urea groups is 1. The average molecular weight is 299 g/mol. The molecule has 2 amide bonds. The molecule has 0 saturated heterocycles. The van der Waals surface area contributed by atoms with Crippen LogP contribution in [0, 0.1) is 0 Å². The van der Waals surface area contributed by atoms with E-state index in [0.29, 0.717) is 24.5 Å². The summed E-state index contributed by atoms with van der Waals surface area (Å²) in [5, 5.41) is 15.4. The van der Waals surface area contributed by atoms with Crippen LogP contribution in [0.3, 0.4) is 0 Å². The van der Waals surface area contributed by atoms with Gasteiger partial charge < -0.3 is 15.7 Å². The fourth-order valence-electron chi connectivity index (χ4n) is 1.76. The van der Waals surface area contributed by atoms with E-state index in [4.69, 9.17) is 16.7 Å². The van der Waals surface area contributed by atoms with E-state index < -0.39 is 6.10 Å². The summed E-state index contributed by atoms with van der Waals surface area (Å²) >= 11 is 5.87. The molecule has 0 radical (unpaired) electrons. The average Bonchev–Trinajstić information content (AvgIpc) is 2.36. The van der Waals surface area contributed by atoms with E-state index in [1.807, 2.05) is 24.3 Å². The number of hydrogen-bond donors (Lipinski definition) is 3. The molecule has 1 rings (SSSR count). The molecule has 0 saturated carbocycles. The molecule has 5 heteroatoms. The normalized spacial score (nSPS) is 12.8. The van der Waals surface area contributed by atoms with Crippen LogP contribution in [0.15, 0.2) is 24.3 Å². The maximum atomic E-state index is 11.6. The second-order valence-electron chi connectivity index (χ2n) is 5.64. The summed E-state index contributed by atoms with van der Waals surface area (Å²) in [6, 6.07) is 7.42. The lowest BCUT2D eigenvalue weighted by Crippen LogP contribution is -2.42. The number of aliphatic hydroxyl groups excluding tert-OH is 1. The SMILES string of the molecule is CC(O)CCNC(=O)NCC(C)(C)c1ccc(Cl)cc1.